The van der Waals surface area contributed by atoms with Crippen molar-refractivity contribution in [3.05, 3.63) is 59.8 Å². The number of benzene rings is 1. The first kappa shape index (κ1) is 19.7. The molecule has 27 heavy (non-hydrogen) atoms. The number of hydrogen-bond acceptors (Lipinski definition) is 3. The Bertz CT molecular complexity index is 759. The normalized spacial score (nSPS) is 15.8. The molecule has 1 heterocycles. The molecule has 0 unspecified atom stereocenters. The zero-order chi connectivity index (χ0) is 19.3. The Balaban J connectivity index is 1.52. The molecule has 0 aliphatic heterocycles. The highest BCUT2D eigenvalue weighted by atomic mass is 32.2. The summed E-state index contributed by atoms with van der Waals surface area (Å²) in [5, 5.41) is 3.43. The first-order valence-electron chi connectivity index (χ1n) is 8.94. The maximum absolute atomic E-state index is 12.6. The summed E-state index contributed by atoms with van der Waals surface area (Å²) in [4.78, 5) is 16.5. The highest BCUT2D eigenvalue weighted by Gasteiger charge is 2.45. The van der Waals surface area contributed by atoms with Gasteiger partial charge in [-0.25, -0.2) is 4.98 Å². The van der Waals surface area contributed by atoms with Gasteiger partial charge in [0.15, 0.2) is 0 Å². The van der Waals surface area contributed by atoms with Crippen LogP contribution in [-0.2, 0) is 17.4 Å². The van der Waals surface area contributed by atoms with Crippen LogP contribution < -0.4 is 5.32 Å². The lowest BCUT2D eigenvalue weighted by Gasteiger charge is -2.39. The Kier molecular flexibility index (Phi) is 6.09. The molecule has 1 aromatic carbocycles. The molecule has 7 heteroatoms. The summed E-state index contributed by atoms with van der Waals surface area (Å²) >= 11 is 1.27. The number of nitrogens with one attached hydrogen (secondary N) is 1. The van der Waals surface area contributed by atoms with Crippen molar-refractivity contribution in [2.75, 3.05) is 6.54 Å². The van der Waals surface area contributed by atoms with Crippen molar-refractivity contribution in [1.82, 2.24) is 10.3 Å². The average molecular weight is 394 g/mol. The molecule has 0 saturated heterocycles. The zero-order valence-corrected chi connectivity index (χ0v) is 15.6. The van der Waals surface area contributed by atoms with E-state index in [2.05, 4.69) is 22.4 Å². The standard InChI is InChI=1S/C20H21F3N2OS/c21-20(22,23)16-9-10-17(25-14-16)27-19(11-5-12-19)18(26)24-13-4-8-15-6-2-1-3-7-15/h1-3,6-7,9-10,14H,4-5,8,11-13H2,(H,24,26). The van der Waals surface area contributed by atoms with Crippen molar-refractivity contribution in [3.8, 4) is 0 Å². The molecule has 1 aliphatic rings. The lowest BCUT2D eigenvalue weighted by atomic mass is 9.83. The van der Waals surface area contributed by atoms with Gasteiger partial charge in [0.25, 0.3) is 0 Å². The van der Waals surface area contributed by atoms with Crippen LogP contribution in [0.3, 0.4) is 0 Å². The predicted octanol–water partition coefficient (Wildman–Crippen LogP) is 4.86. The fraction of sp³-hybridized carbons (Fsp3) is 0.400. The van der Waals surface area contributed by atoms with E-state index in [4.69, 9.17) is 0 Å². The molecule has 1 amide bonds. The Morgan fingerprint density at radius 2 is 1.89 bits per heavy atom. The lowest BCUT2D eigenvalue weighted by molar-refractivity contribution is -0.137. The molecule has 1 fully saturated rings. The Morgan fingerprint density at radius 3 is 2.44 bits per heavy atom. The summed E-state index contributed by atoms with van der Waals surface area (Å²) in [6.45, 7) is 0.580. The van der Waals surface area contributed by atoms with Crippen molar-refractivity contribution in [3.63, 3.8) is 0 Å². The summed E-state index contributed by atoms with van der Waals surface area (Å²) < 4.78 is 37.3. The number of hydrogen-bond donors (Lipinski definition) is 1. The summed E-state index contributed by atoms with van der Waals surface area (Å²) in [5.74, 6) is -0.0477. The van der Waals surface area contributed by atoms with Gasteiger partial charge in [0.2, 0.25) is 5.91 Å². The van der Waals surface area contributed by atoms with E-state index in [0.29, 0.717) is 24.4 Å². The number of halogens is 3. The minimum absolute atomic E-state index is 0.0477. The van der Waals surface area contributed by atoms with Crippen LogP contribution in [0.15, 0.2) is 53.7 Å². The number of rotatable bonds is 7. The Labute approximate surface area is 160 Å². The second-order valence-electron chi connectivity index (χ2n) is 6.68. The molecule has 0 bridgehead atoms. The summed E-state index contributed by atoms with van der Waals surface area (Å²) in [5.41, 5.74) is 0.452. The number of thioether (sulfide) groups is 1. The highest BCUT2D eigenvalue weighted by molar-refractivity contribution is 8.01. The lowest BCUT2D eigenvalue weighted by Crippen LogP contribution is -2.49. The van der Waals surface area contributed by atoms with Gasteiger partial charge in [-0.1, -0.05) is 42.1 Å². The molecule has 2 aromatic rings. The van der Waals surface area contributed by atoms with E-state index in [9.17, 15) is 18.0 Å². The quantitative estimate of drug-likeness (QED) is 0.682. The highest BCUT2D eigenvalue weighted by Crippen LogP contribution is 2.47. The monoisotopic (exact) mass is 394 g/mol. The predicted molar refractivity (Wildman–Crippen MR) is 99.5 cm³/mol. The molecule has 0 spiro atoms. The van der Waals surface area contributed by atoms with Crippen LogP contribution >= 0.6 is 11.8 Å². The molecule has 1 saturated carbocycles. The Morgan fingerprint density at radius 1 is 1.15 bits per heavy atom. The fourth-order valence-electron chi connectivity index (χ4n) is 2.98. The second kappa shape index (κ2) is 8.33. The maximum Gasteiger partial charge on any atom is 0.417 e. The van der Waals surface area contributed by atoms with Gasteiger partial charge in [0, 0.05) is 12.7 Å². The van der Waals surface area contributed by atoms with Gasteiger partial charge >= 0.3 is 6.18 Å². The first-order chi connectivity index (χ1) is 12.9. The van der Waals surface area contributed by atoms with E-state index in [1.54, 1.807) is 0 Å². The average Bonchev–Trinajstić information content (AvgIpc) is 2.62. The van der Waals surface area contributed by atoms with Crippen LogP contribution in [0.2, 0.25) is 0 Å². The summed E-state index contributed by atoms with van der Waals surface area (Å²) in [6, 6.07) is 12.4. The number of carbonyl (C=O) groups excluding carboxylic acids is 1. The minimum Gasteiger partial charge on any atom is -0.355 e. The van der Waals surface area contributed by atoms with Gasteiger partial charge in [-0.15, -0.1) is 0 Å². The molecular weight excluding hydrogens is 373 g/mol. The van der Waals surface area contributed by atoms with Crippen LogP contribution in [0.25, 0.3) is 0 Å². The number of aromatic nitrogens is 1. The van der Waals surface area contributed by atoms with Crippen molar-refractivity contribution in [2.45, 2.75) is 48.1 Å². The third-order valence-corrected chi connectivity index (χ3v) is 6.14. The van der Waals surface area contributed by atoms with Crippen LogP contribution in [0.5, 0.6) is 0 Å². The second-order valence-corrected chi connectivity index (χ2v) is 8.08. The maximum atomic E-state index is 12.6. The third kappa shape index (κ3) is 5.03. The fourth-order valence-corrected chi connectivity index (χ4v) is 4.28. The van der Waals surface area contributed by atoms with Gasteiger partial charge in [-0.3, -0.25) is 4.79 Å². The van der Waals surface area contributed by atoms with Gasteiger partial charge in [0.1, 0.15) is 4.75 Å². The number of nitrogens with zero attached hydrogens (tertiary/aromatic N) is 1. The topological polar surface area (TPSA) is 42.0 Å². The van der Waals surface area contributed by atoms with Crippen molar-refractivity contribution in [1.29, 1.82) is 0 Å². The molecular formula is C20H21F3N2OS. The van der Waals surface area contributed by atoms with E-state index in [0.717, 1.165) is 31.5 Å². The first-order valence-corrected chi connectivity index (χ1v) is 9.75. The van der Waals surface area contributed by atoms with Crippen molar-refractivity contribution >= 4 is 17.7 Å². The number of carbonyl (C=O) groups is 1. The number of amides is 1. The van der Waals surface area contributed by atoms with Crippen molar-refractivity contribution < 1.29 is 18.0 Å². The van der Waals surface area contributed by atoms with E-state index >= 15 is 0 Å². The summed E-state index contributed by atoms with van der Waals surface area (Å²) in [6.07, 6.45) is 0.518. The molecule has 1 aromatic heterocycles. The van der Waals surface area contributed by atoms with Crippen LogP contribution in [0.1, 0.15) is 36.8 Å². The minimum atomic E-state index is -4.40. The number of aryl methyl sites for hydroxylation is 1. The largest absolute Gasteiger partial charge is 0.417 e. The van der Waals surface area contributed by atoms with E-state index in [-0.39, 0.29) is 5.91 Å². The third-order valence-electron chi connectivity index (χ3n) is 4.71. The van der Waals surface area contributed by atoms with Crippen LogP contribution in [0, 0.1) is 0 Å². The zero-order valence-electron chi connectivity index (χ0n) is 14.8. The smallest absolute Gasteiger partial charge is 0.355 e. The summed E-state index contributed by atoms with van der Waals surface area (Å²) in [7, 11) is 0. The SMILES string of the molecule is O=C(NCCCc1ccccc1)C1(Sc2ccc(C(F)(F)F)cn2)CCC1. The molecule has 0 radical (unpaired) electrons. The van der Waals surface area contributed by atoms with Gasteiger partial charge in [-0.05, 0) is 49.8 Å². The van der Waals surface area contributed by atoms with Gasteiger partial charge < -0.3 is 5.32 Å². The molecule has 3 rings (SSSR count). The van der Waals surface area contributed by atoms with Crippen LogP contribution in [-0.4, -0.2) is 22.2 Å². The van der Waals surface area contributed by atoms with Gasteiger partial charge in [0.05, 0.1) is 10.6 Å². The molecule has 3 nitrogen and oxygen atoms in total. The molecule has 144 valence electrons. The molecule has 1 N–H and O–H groups in total. The van der Waals surface area contributed by atoms with Gasteiger partial charge in [-0.2, -0.15) is 13.2 Å². The van der Waals surface area contributed by atoms with E-state index in [1.807, 2.05) is 18.2 Å². The number of pyridine rings is 1. The molecule has 0 atom stereocenters. The van der Waals surface area contributed by atoms with Crippen LogP contribution in [0.4, 0.5) is 13.2 Å². The van der Waals surface area contributed by atoms with E-state index in [1.165, 1.54) is 23.4 Å². The number of alkyl halides is 3. The Hall–Kier alpha value is -2.02. The van der Waals surface area contributed by atoms with E-state index < -0.39 is 16.5 Å². The van der Waals surface area contributed by atoms with Crippen molar-refractivity contribution in [2.24, 2.45) is 0 Å². The molecule has 1 aliphatic carbocycles.